The first-order valence-corrected chi connectivity index (χ1v) is 13.1. The fraction of sp³-hybridized carbons (Fsp3) is 0.448. The van der Waals surface area contributed by atoms with Gasteiger partial charge in [0.05, 0.1) is 7.11 Å². The fourth-order valence-electron chi connectivity index (χ4n) is 3.99. The number of nitrogens with zero attached hydrogens (tertiary/aromatic N) is 1. The predicted molar refractivity (Wildman–Crippen MR) is 151 cm³/mol. The molecule has 3 atom stereocenters. The highest BCUT2D eigenvalue weighted by molar-refractivity contribution is 5.99. The first-order valence-electron chi connectivity index (χ1n) is 13.1. The Morgan fingerprint density at radius 3 is 2.20 bits per heavy atom. The molecule has 0 saturated carbocycles. The Kier molecular flexibility index (Phi) is 11.3. The van der Waals surface area contributed by atoms with Crippen LogP contribution in [0.2, 0.25) is 0 Å². The molecule has 0 saturated heterocycles. The Labute approximate surface area is 235 Å². The first-order chi connectivity index (χ1) is 18.8. The highest BCUT2D eigenvalue weighted by atomic mass is 16.6. The zero-order valence-corrected chi connectivity index (χ0v) is 23.9. The Morgan fingerprint density at radius 2 is 1.68 bits per heavy atom. The molecule has 0 aliphatic carbocycles. The molecule has 218 valence electrons. The van der Waals surface area contributed by atoms with E-state index < -0.39 is 47.5 Å². The van der Waals surface area contributed by atoms with Crippen LogP contribution >= 0.6 is 0 Å². The molecule has 0 spiro atoms. The monoisotopic (exact) mass is 556 g/mol. The van der Waals surface area contributed by atoms with Crippen LogP contribution in [0.15, 0.2) is 48.5 Å². The van der Waals surface area contributed by atoms with Gasteiger partial charge in [0.2, 0.25) is 11.8 Å². The summed E-state index contributed by atoms with van der Waals surface area (Å²) < 4.78 is 10.5. The Hall–Kier alpha value is -4.28. The van der Waals surface area contributed by atoms with E-state index in [-0.39, 0.29) is 24.2 Å². The van der Waals surface area contributed by atoms with Crippen LogP contribution in [0.3, 0.4) is 0 Å². The summed E-state index contributed by atoms with van der Waals surface area (Å²) in [5.41, 5.74) is 5.14. The lowest BCUT2D eigenvalue weighted by atomic mass is 9.98. The number of para-hydroxylation sites is 1. The van der Waals surface area contributed by atoms with Crippen molar-refractivity contribution in [3.05, 3.63) is 54.1 Å². The lowest BCUT2D eigenvalue weighted by molar-refractivity contribution is -0.143. The molecule has 2 aromatic carbocycles. The minimum atomic E-state index is -1.29. The molecule has 4 amide bonds. The molecule has 11 heteroatoms. The number of anilines is 1. The largest absolute Gasteiger partial charge is 0.508 e. The number of hydrogen-bond acceptors (Lipinski definition) is 7. The van der Waals surface area contributed by atoms with Crippen LogP contribution in [-0.4, -0.2) is 58.6 Å². The summed E-state index contributed by atoms with van der Waals surface area (Å²) in [6.07, 6.45) is -0.727. The average Bonchev–Trinajstić information content (AvgIpc) is 2.88. The van der Waals surface area contributed by atoms with Gasteiger partial charge in [-0.3, -0.25) is 14.4 Å². The van der Waals surface area contributed by atoms with E-state index in [4.69, 9.17) is 15.2 Å². The van der Waals surface area contributed by atoms with Crippen molar-refractivity contribution in [1.82, 2.24) is 10.2 Å². The smallest absolute Gasteiger partial charge is 0.408 e. The molecule has 3 unspecified atom stereocenters. The van der Waals surface area contributed by atoms with E-state index in [1.165, 1.54) is 18.1 Å². The highest BCUT2D eigenvalue weighted by Gasteiger charge is 2.39. The number of alkyl carbamates (subject to hydrolysis) is 1. The van der Waals surface area contributed by atoms with Gasteiger partial charge >= 0.3 is 6.09 Å². The quantitative estimate of drug-likeness (QED) is 0.309. The third-order valence-electron chi connectivity index (χ3n) is 6.10. The van der Waals surface area contributed by atoms with E-state index >= 15 is 0 Å². The number of phenols is 1. The zero-order valence-electron chi connectivity index (χ0n) is 23.9. The van der Waals surface area contributed by atoms with Crippen molar-refractivity contribution in [3.8, 4) is 11.5 Å². The van der Waals surface area contributed by atoms with Gasteiger partial charge in [0.25, 0.3) is 5.91 Å². The molecule has 0 radical (unpaired) electrons. The number of nitrogens with two attached hydrogens (primary N) is 1. The maximum atomic E-state index is 14.1. The van der Waals surface area contributed by atoms with Gasteiger partial charge in [-0.1, -0.05) is 25.1 Å². The molecule has 2 rings (SSSR count). The first kappa shape index (κ1) is 31.9. The number of rotatable bonds is 12. The van der Waals surface area contributed by atoms with Crippen LogP contribution in [0.5, 0.6) is 11.5 Å². The van der Waals surface area contributed by atoms with E-state index in [1.54, 1.807) is 70.2 Å². The van der Waals surface area contributed by atoms with E-state index in [0.717, 1.165) is 0 Å². The number of amides is 4. The van der Waals surface area contributed by atoms with Gasteiger partial charge < -0.3 is 35.8 Å². The number of phenolic OH excluding ortho intramolecular Hbond substituents is 1. The molecule has 0 aliphatic heterocycles. The van der Waals surface area contributed by atoms with E-state index in [9.17, 15) is 24.3 Å². The van der Waals surface area contributed by atoms with Crippen molar-refractivity contribution >= 4 is 29.5 Å². The van der Waals surface area contributed by atoms with Crippen LogP contribution in [0.4, 0.5) is 10.5 Å². The molecule has 40 heavy (non-hydrogen) atoms. The molecule has 11 nitrogen and oxygen atoms in total. The minimum absolute atomic E-state index is 0.117. The highest BCUT2D eigenvalue weighted by Crippen LogP contribution is 2.33. The number of carbonyl (C=O) groups is 4. The van der Waals surface area contributed by atoms with Gasteiger partial charge in [-0.2, -0.15) is 0 Å². The third-order valence-corrected chi connectivity index (χ3v) is 6.10. The summed E-state index contributed by atoms with van der Waals surface area (Å²) in [5, 5.41) is 16.1. The lowest BCUT2D eigenvalue weighted by Gasteiger charge is -2.38. The Bertz CT molecular complexity index is 1180. The fourth-order valence-corrected chi connectivity index (χ4v) is 3.99. The van der Waals surface area contributed by atoms with E-state index in [2.05, 4.69) is 10.6 Å². The molecule has 0 fully saturated rings. The van der Waals surface area contributed by atoms with Crippen LogP contribution in [0.25, 0.3) is 0 Å². The standard InChI is InChI=1S/C29H40N4O7/c1-7-18(2)33(27(37)22(16-17-24(30)35)32-28(38)40-29(3,4)5)25(21-10-8-9-11-23(21)34)26(36)31-19-12-14-20(39-6)15-13-19/h8-15,18,22,25,34H,7,16-17H2,1-6H3,(H2,30,35)(H,31,36)(H,32,38). The number of carbonyl (C=O) groups excluding carboxylic acids is 4. The summed E-state index contributed by atoms with van der Waals surface area (Å²) in [6.45, 7) is 8.63. The SMILES string of the molecule is CCC(C)N(C(=O)C(CCC(N)=O)NC(=O)OC(C)(C)C)C(C(=O)Nc1ccc(OC)cc1)c1ccccc1O. The van der Waals surface area contributed by atoms with Gasteiger partial charge in [0, 0.05) is 23.7 Å². The maximum Gasteiger partial charge on any atom is 0.408 e. The second-order valence-electron chi connectivity index (χ2n) is 10.4. The topological polar surface area (TPSA) is 160 Å². The summed E-state index contributed by atoms with van der Waals surface area (Å²) in [4.78, 5) is 53.6. The molecular formula is C29H40N4O7. The number of primary amides is 1. The minimum Gasteiger partial charge on any atom is -0.508 e. The van der Waals surface area contributed by atoms with E-state index in [1.807, 2.05) is 6.92 Å². The molecule has 0 bridgehead atoms. The summed E-state index contributed by atoms with van der Waals surface area (Å²) in [7, 11) is 1.53. The van der Waals surface area contributed by atoms with Gasteiger partial charge in [-0.15, -0.1) is 0 Å². The maximum absolute atomic E-state index is 14.1. The van der Waals surface area contributed by atoms with Crippen molar-refractivity contribution in [2.24, 2.45) is 5.73 Å². The second kappa shape index (κ2) is 14.2. The predicted octanol–water partition coefficient (Wildman–Crippen LogP) is 3.87. The second-order valence-corrected chi connectivity index (χ2v) is 10.4. The molecule has 0 aliphatic rings. The van der Waals surface area contributed by atoms with Gasteiger partial charge in [0.15, 0.2) is 0 Å². The molecular weight excluding hydrogens is 516 g/mol. The van der Waals surface area contributed by atoms with Crippen LogP contribution in [0.1, 0.15) is 65.5 Å². The Morgan fingerprint density at radius 1 is 1.05 bits per heavy atom. The number of ether oxygens (including phenoxy) is 2. The zero-order chi connectivity index (χ0) is 30.0. The average molecular weight is 557 g/mol. The third kappa shape index (κ3) is 9.18. The summed E-state index contributed by atoms with van der Waals surface area (Å²) >= 11 is 0. The number of benzene rings is 2. The summed E-state index contributed by atoms with van der Waals surface area (Å²) in [6, 6.07) is 9.82. The van der Waals surface area contributed by atoms with Crippen LogP contribution < -0.4 is 21.1 Å². The van der Waals surface area contributed by atoms with Crippen molar-refractivity contribution in [2.75, 3.05) is 12.4 Å². The Balaban J connectivity index is 2.57. The van der Waals surface area contributed by atoms with Gasteiger partial charge in [-0.25, -0.2) is 4.79 Å². The van der Waals surface area contributed by atoms with Crippen molar-refractivity contribution < 1.29 is 33.8 Å². The lowest BCUT2D eigenvalue weighted by Crippen LogP contribution is -2.55. The number of hydrogen-bond donors (Lipinski definition) is 4. The van der Waals surface area contributed by atoms with Crippen LogP contribution in [0, 0.1) is 0 Å². The van der Waals surface area contributed by atoms with Gasteiger partial charge in [0.1, 0.15) is 29.2 Å². The number of nitrogens with one attached hydrogen (secondary N) is 2. The molecule has 5 N–H and O–H groups in total. The van der Waals surface area contributed by atoms with Crippen molar-refractivity contribution in [3.63, 3.8) is 0 Å². The van der Waals surface area contributed by atoms with Crippen LogP contribution in [-0.2, 0) is 19.1 Å². The molecule has 0 aromatic heterocycles. The number of aromatic hydroxyl groups is 1. The summed E-state index contributed by atoms with van der Waals surface area (Å²) in [5.74, 6) is -1.48. The van der Waals surface area contributed by atoms with E-state index in [0.29, 0.717) is 17.9 Å². The number of methoxy groups -OCH3 is 1. The van der Waals surface area contributed by atoms with Crippen molar-refractivity contribution in [2.45, 2.75) is 77.6 Å². The normalized spacial score (nSPS) is 13.3. The molecule has 2 aromatic rings. The molecule has 0 heterocycles. The van der Waals surface area contributed by atoms with Gasteiger partial charge in [-0.05, 0) is 70.9 Å². The van der Waals surface area contributed by atoms with Crippen molar-refractivity contribution in [1.29, 1.82) is 0 Å².